The number of para-hydroxylation sites is 1. The van der Waals surface area contributed by atoms with E-state index in [0.29, 0.717) is 19.8 Å². The zero-order valence-electron chi connectivity index (χ0n) is 12.8. The van der Waals surface area contributed by atoms with E-state index in [1.807, 2.05) is 24.3 Å². The Hall–Kier alpha value is -1.55. The number of nitrogens with one attached hydrogen (secondary N) is 1. The van der Waals surface area contributed by atoms with Crippen LogP contribution in [0, 0.1) is 5.92 Å². The third-order valence-corrected chi connectivity index (χ3v) is 3.66. The molecule has 1 heterocycles. The number of hydrogen-bond donors (Lipinski definition) is 1. The first-order chi connectivity index (χ1) is 10.3. The smallest absolute Gasteiger partial charge is 0.226 e. The standard InChI is InChI=1S/C17H25NO3/c1-2-3-10-20-11-6-9-18-17(19)15-12-14-7-4-5-8-16(14)21-13-15/h4-5,7-8,15H,2-3,6,9-13H2,1H3,(H,18,19). The summed E-state index contributed by atoms with van der Waals surface area (Å²) in [5, 5.41) is 2.98. The molecule has 0 aliphatic carbocycles. The van der Waals surface area contributed by atoms with E-state index in [2.05, 4.69) is 12.2 Å². The Morgan fingerprint density at radius 1 is 1.33 bits per heavy atom. The number of fused-ring (bicyclic) bond motifs is 1. The van der Waals surface area contributed by atoms with Gasteiger partial charge < -0.3 is 14.8 Å². The average molecular weight is 291 g/mol. The molecule has 0 radical (unpaired) electrons. The van der Waals surface area contributed by atoms with Crippen LogP contribution in [0.5, 0.6) is 5.75 Å². The normalized spacial score (nSPS) is 16.9. The van der Waals surface area contributed by atoms with Gasteiger partial charge in [0.25, 0.3) is 0 Å². The third kappa shape index (κ3) is 5.05. The summed E-state index contributed by atoms with van der Waals surface area (Å²) in [4.78, 5) is 12.1. The van der Waals surface area contributed by atoms with Crippen LogP contribution in [0.1, 0.15) is 31.7 Å². The zero-order chi connectivity index (χ0) is 14.9. The highest BCUT2D eigenvalue weighted by molar-refractivity contribution is 5.79. The third-order valence-electron chi connectivity index (χ3n) is 3.66. The molecule has 1 amide bonds. The second kappa shape index (κ2) is 8.67. The molecule has 0 bridgehead atoms. The number of carbonyl (C=O) groups is 1. The predicted molar refractivity (Wildman–Crippen MR) is 82.5 cm³/mol. The first-order valence-corrected chi connectivity index (χ1v) is 7.87. The second-order valence-corrected chi connectivity index (χ2v) is 5.43. The van der Waals surface area contributed by atoms with Crippen molar-refractivity contribution < 1.29 is 14.3 Å². The van der Waals surface area contributed by atoms with Crippen LogP contribution in [0.2, 0.25) is 0 Å². The molecule has 116 valence electrons. The Morgan fingerprint density at radius 2 is 2.14 bits per heavy atom. The van der Waals surface area contributed by atoms with E-state index in [-0.39, 0.29) is 11.8 Å². The SMILES string of the molecule is CCCCOCCCNC(=O)C1COc2ccccc2C1. The molecule has 1 aromatic carbocycles. The van der Waals surface area contributed by atoms with Crippen LogP contribution in [-0.2, 0) is 16.0 Å². The molecular weight excluding hydrogens is 266 g/mol. The van der Waals surface area contributed by atoms with Crippen molar-refractivity contribution in [1.82, 2.24) is 5.32 Å². The Balaban J connectivity index is 1.64. The summed E-state index contributed by atoms with van der Waals surface area (Å²) in [6, 6.07) is 7.92. The van der Waals surface area contributed by atoms with Crippen molar-refractivity contribution >= 4 is 5.91 Å². The Labute approximate surface area is 126 Å². The lowest BCUT2D eigenvalue weighted by Crippen LogP contribution is -2.38. The maximum absolute atomic E-state index is 12.1. The molecular formula is C17H25NO3. The lowest BCUT2D eigenvalue weighted by Gasteiger charge is -2.24. The first kappa shape index (κ1) is 15.8. The van der Waals surface area contributed by atoms with Gasteiger partial charge in [0.15, 0.2) is 0 Å². The maximum atomic E-state index is 12.1. The number of ether oxygens (including phenoxy) is 2. The van der Waals surface area contributed by atoms with Crippen LogP contribution < -0.4 is 10.1 Å². The van der Waals surface area contributed by atoms with Gasteiger partial charge in [-0.3, -0.25) is 4.79 Å². The van der Waals surface area contributed by atoms with Gasteiger partial charge in [-0.05, 0) is 30.9 Å². The number of carbonyl (C=O) groups excluding carboxylic acids is 1. The molecule has 1 atom stereocenters. The van der Waals surface area contributed by atoms with Crippen molar-refractivity contribution in [3.63, 3.8) is 0 Å². The molecule has 1 unspecified atom stereocenters. The first-order valence-electron chi connectivity index (χ1n) is 7.87. The molecule has 1 aliphatic rings. The van der Waals surface area contributed by atoms with Crippen LogP contribution in [0.15, 0.2) is 24.3 Å². The van der Waals surface area contributed by atoms with Gasteiger partial charge in [0, 0.05) is 19.8 Å². The lowest BCUT2D eigenvalue weighted by molar-refractivity contribution is -0.126. The molecule has 0 saturated heterocycles. The number of amides is 1. The van der Waals surface area contributed by atoms with Gasteiger partial charge in [-0.25, -0.2) is 0 Å². The number of unbranched alkanes of at least 4 members (excludes halogenated alkanes) is 1. The quantitative estimate of drug-likeness (QED) is 0.749. The molecule has 4 heteroatoms. The van der Waals surface area contributed by atoms with E-state index in [9.17, 15) is 4.79 Å². The number of benzene rings is 1. The molecule has 1 aromatic rings. The van der Waals surface area contributed by atoms with Crippen molar-refractivity contribution in [2.24, 2.45) is 5.92 Å². The van der Waals surface area contributed by atoms with Crippen LogP contribution in [0.25, 0.3) is 0 Å². The molecule has 0 spiro atoms. The minimum atomic E-state index is -0.0825. The Bertz CT molecular complexity index is 447. The van der Waals surface area contributed by atoms with Gasteiger partial charge >= 0.3 is 0 Å². The molecule has 0 aromatic heterocycles. The predicted octanol–water partition coefficient (Wildman–Crippen LogP) is 2.56. The summed E-state index contributed by atoms with van der Waals surface area (Å²) in [5.41, 5.74) is 1.12. The second-order valence-electron chi connectivity index (χ2n) is 5.43. The van der Waals surface area contributed by atoms with Crippen LogP contribution in [0.4, 0.5) is 0 Å². The van der Waals surface area contributed by atoms with E-state index in [1.165, 1.54) is 0 Å². The lowest BCUT2D eigenvalue weighted by atomic mass is 9.96. The van der Waals surface area contributed by atoms with E-state index in [1.54, 1.807) is 0 Å². The van der Waals surface area contributed by atoms with Crippen molar-refractivity contribution in [1.29, 1.82) is 0 Å². The monoisotopic (exact) mass is 291 g/mol. The van der Waals surface area contributed by atoms with Gasteiger partial charge in [0.2, 0.25) is 5.91 Å². The van der Waals surface area contributed by atoms with Crippen molar-refractivity contribution in [3.05, 3.63) is 29.8 Å². The highest BCUT2D eigenvalue weighted by atomic mass is 16.5. The number of rotatable bonds is 8. The van der Waals surface area contributed by atoms with Crippen molar-refractivity contribution in [2.45, 2.75) is 32.6 Å². The fourth-order valence-corrected chi connectivity index (χ4v) is 2.38. The molecule has 0 saturated carbocycles. The van der Waals surface area contributed by atoms with E-state index in [0.717, 1.165) is 43.6 Å². The largest absolute Gasteiger partial charge is 0.492 e. The zero-order valence-corrected chi connectivity index (χ0v) is 12.8. The summed E-state index contributed by atoms with van der Waals surface area (Å²) >= 11 is 0. The topological polar surface area (TPSA) is 47.6 Å². The highest BCUT2D eigenvalue weighted by Gasteiger charge is 2.25. The molecule has 2 rings (SSSR count). The Morgan fingerprint density at radius 3 is 3.00 bits per heavy atom. The van der Waals surface area contributed by atoms with E-state index >= 15 is 0 Å². The summed E-state index contributed by atoms with van der Waals surface area (Å²) in [5.74, 6) is 0.907. The van der Waals surface area contributed by atoms with Gasteiger partial charge in [-0.15, -0.1) is 0 Å². The van der Waals surface area contributed by atoms with Crippen LogP contribution in [-0.4, -0.2) is 32.3 Å². The highest BCUT2D eigenvalue weighted by Crippen LogP contribution is 2.26. The summed E-state index contributed by atoms with van der Waals surface area (Å²) < 4.78 is 11.1. The molecule has 4 nitrogen and oxygen atoms in total. The Kier molecular flexibility index (Phi) is 6.54. The fraction of sp³-hybridized carbons (Fsp3) is 0.588. The van der Waals surface area contributed by atoms with E-state index < -0.39 is 0 Å². The van der Waals surface area contributed by atoms with E-state index in [4.69, 9.17) is 9.47 Å². The summed E-state index contributed by atoms with van der Waals surface area (Å²) in [6.07, 6.45) is 3.87. The maximum Gasteiger partial charge on any atom is 0.226 e. The minimum Gasteiger partial charge on any atom is -0.492 e. The van der Waals surface area contributed by atoms with Gasteiger partial charge in [-0.1, -0.05) is 31.5 Å². The van der Waals surface area contributed by atoms with Gasteiger partial charge in [0.1, 0.15) is 12.4 Å². The van der Waals surface area contributed by atoms with Crippen LogP contribution >= 0.6 is 0 Å². The molecule has 0 fully saturated rings. The molecule has 1 N–H and O–H groups in total. The van der Waals surface area contributed by atoms with Crippen molar-refractivity contribution in [3.8, 4) is 5.75 Å². The van der Waals surface area contributed by atoms with Crippen molar-refractivity contribution in [2.75, 3.05) is 26.4 Å². The molecule has 21 heavy (non-hydrogen) atoms. The van der Waals surface area contributed by atoms with Crippen LogP contribution in [0.3, 0.4) is 0 Å². The minimum absolute atomic E-state index is 0.0815. The average Bonchev–Trinajstić information content (AvgIpc) is 2.53. The molecule has 1 aliphatic heterocycles. The summed E-state index contributed by atoms with van der Waals surface area (Å²) in [6.45, 7) is 4.81. The summed E-state index contributed by atoms with van der Waals surface area (Å²) in [7, 11) is 0. The fourth-order valence-electron chi connectivity index (χ4n) is 2.38. The van der Waals surface area contributed by atoms with Gasteiger partial charge in [-0.2, -0.15) is 0 Å². The number of hydrogen-bond acceptors (Lipinski definition) is 3. The van der Waals surface area contributed by atoms with Gasteiger partial charge in [0.05, 0.1) is 5.92 Å².